The van der Waals surface area contributed by atoms with Gasteiger partial charge in [-0.25, -0.2) is 0 Å². The van der Waals surface area contributed by atoms with Crippen molar-refractivity contribution in [1.29, 1.82) is 0 Å². The number of anilines is 1. The Hall–Kier alpha value is -2.03. The van der Waals surface area contributed by atoms with Crippen LogP contribution in [0.2, 0.25) is 0 Å². The molecule has 3 rings (SSSR count). The smallest absolute Gasteiger partial charge is 0.291 e. The highest BCUT2D eigenvalue weighted by atomic mass is 32.2. The Morgan fingerprint density at radius 2 is 1.93 bits per heavy atom. The van der Waals surface area contributed by atoms with E-state index in [9.17, 15) is 9.59 Å². The van der Waals surface area contributed by atoms with E-state index < -0.39 is 0 Å². The number of thioether (sulfide) groups is 1. The lowest BCUT2D eigenvalue weighted by Gasteiger charge is -2.32. The van der Waals surface area contributed by atoms with Crippen LogP contribution in [0.5, 0.6) is 0 Å². The number of amides is 2. The van der Waals surface area contributed by atoms with Crippen LogP contribution in [0, 0.1) is 0 Å². The summed E-state index contributed by atoms with van der Waals surface area (Å²) in [5, 5.41) is 7.44. The van der Waals surface area contributed by atoms with Crippen LogP contribution in [0.1, 0.15) is 10.4 Å². The SMILES string of the molecule is CN1CCN(CCNC(=O)c2ccccc2NC(=O)C2=CSCCO2)CC1. The van der Waals surface area contributed by atoms with Gasteiger partial charge in [-0.05, 0) is 19.2 Å². The van der Waals surface area contributed by atoms with Crippen LogP contribution in [-0.4, -0.2) is 80.3 Å². The molecule has 2 aliphatic rings. The number of para-hydroxylation sites is 1. The maximum Gasteiger partial charge on any atom is 0.291 e. The van der Waals surface area contributed by atoms with Crippen LogP contribution < -0.4 is 10.6 Å². The minimum absolute atomic E-state index is 0.187. The van der Waals surface area contributed by atoms with Gasteiger partial charge in [0.15, 0.2) is 5.76 Å². The Balaban J connectivity index is 1.53. The summed E-state index contributed by atoms with van der Waals surface area (Å²) in [7, 11) is 2.12. The molecule has 2 N–H and O–H groups in total. The minimum Gasteiger partial charge on any atom is -0.487 e. The molecule has 0 spiro atoms. The molecule has 0 bridgehead atoms. The van der Waals surface area contributed by atoms with E-state index in [1.807, 2.05) is 0 Å². The van der Waals surface area contributed by atoms with E-state index in [2.05, 4.69) is 27.5 Å². The summed E-state index contributed by atoms with van der Waals surface area (Å²) in [5.41, 5.74) is 0.938. The second kappa shape index (κ2) is 9.77. The van der Waals surface area contributed by atoms with Gasteiger partial charge in [0.25, 0.3) is 11.8 Å². The summed E-state index contributed by atoms with van der Waals surface area (Å²) < 4.78 is 5.37. The molecule has 1 saturated heterocycles. The molecule has 0 unspecified atom stereocenters. The Kier molecular flexibility index (Phi) is 7.14. The molecule has 7 nitrogen and oxygen atoms in total. The predicted octanol–water partition coefficient (Wildman–Crippen LogP) is 1.21. The van der Waals surface area contributed by atoms with Crippen molar-refractivity contribution in [2.24, 2.45) is 0 Å². The quantitative estimate of drug-likeness (QED) is 0.761. The summed E-state index contributed by atoms with van der Waals surface area (Å²) in [6, 6.07) is 7.02. The van der Waals surface area contributed by atoms with Crippen molar-refractivity contribution in [2.75, 3.05) is 64.0 Å². The summed E-state index contributed by atoms with van der Waals surface area (Å²) >= 11 is 1.54. The molecule has 2 aliphatic heterocycles. The van der Waals surface area contributed by atoms with Gasteiger partial charge in [-0.2, -0.15) is 0 Å². The van der Waals surface area contributed by atoms with Crippen molar-refractivity contribution in [3.63, 3.8) is 0 Å². The van der Waals surface area contributed by atoms with Gasteiger partial charge in [0.05, 0.1) is 17.9 Å². The maximum atomic E-state index is 12.6. The summed E-state index contributed by atoms with van der Waals surface area (Å²) in [6.07, 6.45) is 0. The van der Waals surface area contributed by atoms with Gasteiger partial charge in [0.1, 0.15) is 0 Å². The molecule has 27 heavy (non-hydrogen) atoms. The zero-order valence-corrected chi connectivity index (χ0v) is 16.4. The van der Waals surface area contributed by atoms with Crippen molar-refractivity contribution in [3.8, 4) is 0 Å². The topological polar surface area (TPSA) is 73.9 Å². The standard InChI is InChI=1S/C19H26N4O3S/c1-22-8-10-23(11-9-22)7-6-20-18(24)15-4-2-3-5-16(15)21-19(25)17-14-27-13-12-26-17/h2-5,14H,6-13H2,1H3,(H,20,24)(H,21,25). The highest BCUT2D eigenvalue weighted by molar-refractivity contribution is 8.02. The molecule has 0 saturated carbocycles. The van der Waals surface area contributed by atoms with Crippen LogP contribution in [0.15, 0.2) is 35.4 Å². The van der Waals surface area contributed by atoms with Gasteiger partial charge in [-0.1, -0.05) is 12.1 Å². The fraction of sp³-hybridized carbons (Fsp3) is 0.474. The lowest BCUT2D eigenvalue weighted by molar-refractivity contribution is -0.116. The number of ether oxygens (including phenoxy) is 1. The fourth-order valence-electron chi connectivity index (χ4n) is 2.96. The van der Waals surface area contributed by atoms with Crippen LogP contribution in [-0.2, 0) is 9.53 Å². The van der Waals surface area contributed by atoms with Gasteiger partial charge in [-0.15, -0.1) is 11.8 Å². The van der Waals surface area contributed by atoms with E-state index in [1.54, 1.807) is 41.4 Å². The second-order valence-electron chi connectivity index (χ2n) is 6.60. The van der Waals surface area contributed by atoms with E-state index in [0.29, 0.717) is 24.4 Å². The second-order valence-corrected chi connectivity index (χ2v) is 7.58. The molecule has 1 fully saturated rings. The molecule has 1 aromatic rings. The normalized spacial score (nSPS) is 18.3. The highest BCUT2D eigenvalue weighted by Gasteiger charge is 2.18. The number of hydrogen-bond acceptors (Lipinski definition) is 6. The Morgan fingerprint density at radius 3 is 2.67 bits per heavy atom. The monoisotopic (exact) mass is 390 g/mol. The minimum atomic E-state index is -0.333. The van der Waals surface area contributed by atoms with Crippen molar-refractivity contribution < 1.29 is 14.3 Å². The van der Waals surface area contributed by atoms with Crippen LogP contribution >= 0.6 is 11.8 Å². The third-order valence-corrected chi connectivity index (χ3v) is 5.39. The maximum absolute atomic E-state index is 12.6. The Bertz CT molecular complexity index is 702. The molecule has 2 heterocycles. The van der Waals surface area contributed by atoms with Crippen LogP contribution in [0.3, 0.4) is 0 Å². The van der Waals surface area contributed by atoms with E-state index in [0.717, 1.165) is 38.5 Å². The number of rotatable bonds is 6. The molecule has 0 aliphatic carbocycles. The van der Waals surface area contributed by atoms with Crippen molar-refractivity contribution >= 4 is 29.3 Å². The third kappa shape index (κ3) is 5.72. The Labute approximate surface area is 164 Å². The van der Waals surface area contributed by atoms with E-state index in [4.69, 9.17) is 4.74 Å². The third-order valence-electron chi connectivity index (χ3n) is 4.60. The number of piperazine rings is 1. The van der Waals surface area contributed by atoms with Crippen LogP contribution in [0.25, 0.3) is 0 Å². The van der Waals surface area contributed by atoms with E-state index >= 15 is 0 Å². The number of carbonyl (C=O) groups excluding carboxylic acids is 2. The van der Waals surface area contributed by atoms with Crippen molar-refractivity contribution in [2.45, 2.75) is 0 Å². The zero-order valence-electron chi connectivity index (χ0n) is 15.6. The molecule has 0 aromatic heterocycles. The molecule has 1 aromatic carbocycles. The summed E-state index contributed by atoms with van der Waals surface area (Å²) in [5.74, 6) is 0.604. The largest absolute Gasteiger partial charge is 0.487 e. The molecular formula is C19H26N4O3S. The average molecular weight is 391 g/mol. The van der Waals surface area contributed by atoms with Gasteiger partial charge >= 0.3 is 0 Å². The predicted molar refractivity (Wildman–Crippen MR) is 108 cm³/mol. The Morgan fingerprint density at radius 1 is 1.15 bits per heavy atom. The highest BCUT2D eigenvalue weighted by Crippen LogP contribution is 2.19. The molecule has 8 heteroatoms. The average Bonchev–Trinajstić information content (AvgIpc) is 2.70. The molecule has 2 amide bonds. The first kappa shape index (κ1) is 19.7. The van der Waals surface area contributed by atoms with Crippen LogP contribution in [0.4, 0.5) is 5.69 Å². The number of nitrogens with zero attached hydrogens (tertiary/aromatic N) is 2. The summed E-state index contributed by atoms with van der Waals surface area (Å²) in [6.45, 7) is 6.07. The van der Waals surface area contributed by atoms with Gasteiger partial charge < -0.3 is 20.3 Å². The first-order valence-electron chi connectivity index (χ1n) is 9.17. The molecule has 0 radical (unpaired) electrons. The summed E-state index contributed by atoms with van der Waals surface area (Å²) in [4.78, 5) is 29.6. The number of hydrogen-bond donors (Lipinski definition) is 2. The van der Waals surface area contributed by atoms with Crippen molar-refractivity contribution in [1.82, 2.24) is 15.1 Å². The fourth-order valence-corrected chi connectivity index (χ4v) is 3.58. The molecule has 0 atom stereocenters. The van der Waals surface area contributed by atoms with E-state index in [-0.39, 0.29) is 17.6 Å². The number of likely N-dealkylation sites (N-methyl/N-ethyl adjacent to an activating group) is 1. The first-order chi connectivity index (χ1) is 13.1. The number of benzene rings is 1. The van der Waals surface area contributed by atoms with Crippen molar-refractivity contribution in [3.05, 3.63) is 41.0 Å². The van der Waals surface area contributed by atoms with E-state index in [1.165, 1.54) is 0 Å². The van der Waals surface area contributed by atoms with Gasteiger partial charge in [0.2, 0.25) is 0 Å². The zero-order chi connectivity index (χ0) is 19.1. The van der Waals surface area contributed by atoms with Gasteiger partial charge in [-0.3, -0.25) is 14.5 Å². The lowest BCUT2D eigenvalue weighted by atomic mass is 10.1. The number of nitrogens with one attached hydrogen (secondary N) is 2. The number of carbonyl (C=O) groups is 2. The molecule has 146 valence electrons. The first-order valence-corrected chi connectivity index (χ1v) is 10.2. The molecular weight excluding hydrogens is 364 g/mol. The lowest BCUT2D eigenvalue weighted by Crippen LogP contribution is -2.46. The van der Waals surface area contributed by atoms with Gasteiger partial charge in [0, 0.05) is 50.4 Å².